The van der Waals surface area contributed by atoms with E-state index in [0.717, 1.165) is 11.1 Å². The normalized spacial score (nSPS) is 10.3. The smallest absolute Gasteiger partial charge is 0.250 e. The van der Waals surface area contributed by atoms with Crippen molar-refractivity contribution in [1.29, 1.82) is 0 Å². The molecular weight excluding hydrogens is 424 g/mol. The molecule has 9 heteroatoms. The maximum absolute atomic E-state index is 12.0. The summed E-state index contributed by atoms with van der Waals surface area (Å²) < 4.78 is 0. The fourth-order valence-corrected chi connectivity index (χ4v) is 2.62. The molecule has 0 bridgehead atoms. The van der Waals surface area contributed by atoms with Crippen molar-refractivity contribution in [3.63, 3.8) is 0 Å². The summed E-state index contributed by atoms with van der Waals surface area (Å²) in [6, 6.07) is 14.5. The Morgan fingerprint density at radius 1 is 0.967 bits per heavy atom. The topological polar surface area (TPSA) is 99.3 Å². The van der Waals surface area contributed by atoms with Gasteiger partial charge in [-0.1, -0.05) is 48.0 Å². The number of carbonyl (C=O) groups excluding carboxylic acids is 3. The minimum Gasteiger partial charge on any atom is -0.326 e. The third-order valence-corrected chi connectivity index (χ3v) is 4.51. The summed E-state index contributed by atoms with van der Waals surface area (Å²) in [5.41, 5.74) is 6.96. The Balaban J connectivity index is 1.68. The molecule has 0 saturated carbocycles. The summed E-state index contributed by atoms with van der Waals surface area (Å²) in [6.07, 6.45) is 2.87. The third-order valence-electron chi connectivity index (χ3n) is 3.90. The molecule has 0 heterocycles. The molecule has 2 rings (SSSR count). The van der Waals surface area contributed by atoms with E-state index in [4.69, 9.17) is 23.8 Å². The van der Waals surface area contributed by atoms with Crippen LogP contribution in [0.15, 0.2) is 54.6 Å². The second-order valence-corrected chi connectivity index (χ2v) is 7.01. The van der Waals surface area contributed by atoms with Gasteiger partial charge in [0.15, 0.2) is 5.11 Å². The van der Waals surface area contributed by atoms with Gasteiger partial charge in [0.25, 0.3) is 0 Å². The molecule has 0 aliphatic rings. The fraction of sp³-hybridized carbons (Fsp3) is 0.143. The number of thiocarbonyl (C=S) groups is 1. The Labute approximate surface area is 184 Å². The van der Waals surface area contributed by atoms with Gasteiger partial charge >= 0.3 is 0 Å². The average molecular weight is 445 g/mol. The number of hydrazine groups is 1. The highest BCUT2D eigenvalue weighted by molar-refractivity contribution is 7.80. The quantitative estimate of drug-likeness (QED) is 0.312. The zero-order valence-corrected chi connectivity index (χ0v) is 17.8. The summed E-state index contributed by atoms with van der Waals surface area (Å²) >= 11 is 11.0. The molecule has 30 heavy (non-hydrogen) atoms. The lowest BCUT2D eigenvalue weighted by Gasteiger charge is -2.11. The van der Waals surface area contributed by atoms with E-state index in [-0.39, 0.29) is 23.9 Å². The summed E-state index contributed by atoms with van der Waals surface area (Å²) in [4.78, 5) is 35.7. The predicted octanol–water partition coefficient (Wildman–Crippen LogP) is 3.10. The number of hydrogen-bond donors (Lipinski definition) is 4. The molecule has 0 aliphatic carbocycles. The molecule has 3 amide bonds. The van der Waals surface area contributed by atoms with Gasteiger partial charge in [0, 0.05) is 29.6 Å². The number of benzene rings is 2. The van der Waals surface area contributed by atoms with E-state index in [1.54, 1.807) is 31.2 Å². The number of halogens is 1. The van der Waals surface area contributed by atoms with Gasteiger partial charge in [-0.15, -0.1) is 0 Å². The van der Waals surface area contributed by atoms with Crippen molar-refractivity contribution in [3.05, 3.63) is 70.8 Å². The summed E-state index contributed by atoms with van der Waals surface area (Å²) in [5.74, 6) is -1.22. The second kappa shape index (κ2) is 11.7. The molecule has 0 saturated heterocycles. The maximum atomic E-state index is 12.0. The molecule has 7 nitrogen and oxygen atoms in total. The Bertz CT molecular complexity index is 964. The average Bonchev–Trinajstić information content (AvgIpc) is 2.73. The number of rotatable bonds is 6. The van der Waals surface area contributed by atoms with E-state index in [1.165, 1.54) is 6.08 Å². The van der Waals surface area contributed by atoms with E-state index < -0.39 is 11.8 Å². The molecule has 0 aliphatic heterocycles. The van der Waals surface area contributed by atoms with Crippen LogP contribution in [0.2, 0.25) is 5.02 Å². The van der Waals surface area contributed by atoms with Crippen molar-refractivity contribution in [1.82, 2.24) is 16.2 Å². The van der Waals surface area contributed by atoms with Crippen molar-refractivity contribution >= 4 is 58.4 Å². The van der Waals surface area contributed by atoms with Gasteiger partial charge in [0.05, 0.1) is 0 Å². The monoisotopic (exact) mass is 444 g/mol. The molecule has 0 radical (unpaired) electrons. The molecule has 2 aromatic rings. The van der Waals surface area contributed by atoms with Crippen LogP contribution in [-0.4, -0.2) is 22.8 Å². The number of nitrogens with one attached hydrogen (secondary N) is 4. The fourth-order valence-electron chi connectivity index (χ4n) is 2.29. The first-order valence-corrected chi connectivity index (χ1v) is 9.81. The number of anilines is 1. The molecule has 0 aromatic heterocycles. The van der Waals surface area contributed by atoms with Crippen LogP contribution >= 0.6 is 23.8 Å². The molecular formula is C21H21ClN4O3S. The summed E-state index contributed by atoms with van der Waals surface area (Å²) in [6.45, 7) is 1.79. The number of carbonyl (C=O) groups is 3. The van der Waals surface area contributed by atoms with Crippen molar-refractivity contribution in [2.45, 2.75) is 19.8 Å². The van der Waals surface area contributed by atoms with Crippen LogP contribution in [0, 0.1) is 6.92 Å². The molecule has 0 atom stereocenters. The number of amides is 3. The van der Waals surface area contributed by atoms with E-state index >= 15 is 0 Å². The van der Waals surface area contributed by atoms with Gasteiger partial charge in [-0.05, 0) is 48.5 Å². The minimum atomic E-state index is -0.454. The second-order valence-electron chi connectivity index (χ2n) is 6.20. The standard InChI is InChI=1S/C21H21ClN4O3S/c1-14-16(22)8-5-9-17(14)23-18(27)12-13-20(29)25-26-21(30)24-19(28)11-10-15-6-3-2-4-7-15/h2-11H,12-13H2,1H3,(H,23,27)(H,25,29)(H2,24,26,28,30)/b11-10+. The highest BCUT2D eigenvalue weighted by atomic mass is 35.5. The van der Waals surface area contributed by atoms with Gasteiger partial charge in [-0.25, -0.2) is 0 Å². The van der Waals surface area contributed by atoms with E-state index in [2.05, 4.69) is 21.5 Å². The van der Waals surface area contributed by atoms with Crippen LogP contribution in [0.3, 0.4) is 0 Å². The lowest BCUT2D eigenvalue weighted by atomic mass is 10.2. The molecule has 4 N–H and O–H groups in total. The van der Waals surface area contributed by atoms with Crippen molar-refractivity contribution in [3.8, 4) is 0 Å². The first-order valence-electron chi connectivity index (χ1n) is 9.03. The zero-order valence-electron chi connectivity index (χ0n) is 16.2. The molecule has 0 unspecified atom stereocenters. The maximum Gasteiger partial charge on any atom is 0.250 e. The molecule has 156 valence electrons. The Hall–Kier alpha value is -3.23. The SMILES string of the molecule is Cc1c(Cl)cccc1NC(=O)CCC(=O)NNC(=S)NC(=O)/C=C/c1ccccc1. The first-order chi connectivity index (χ1) is 14.3. The van der Waals surface area contributed by atoms with Crippen molar-refractivity contribution in [2.24, 2.45) is 0 Å². The zero-order chi connectivity index (χ0) is 21.9. The van der Waals surface area contributed by atoms with Crippen LogP contribution < -0.4 is 21.5 Å². The molecule has 0 fully saturated rings. The lowest BCUT2D eigenvalue weighted by Crippen LogP contribution is -2.48. The highest BCUT2D eigenvalue weighted by Crippen LogP contribution is 2.23. The Morgan fingerprint density at radius 3 is 2.40 bits per heavy atom. The Kier molecular flexibility index (Phi) is 8.99. The molecule has 0 spiro atoms. The van der Waals surface area contributed by atoms with Crippen LogP contribution in [0.5, 0.6) is 0 Å². The minimum absolute atomic E-state index is 0.0294. The van der Waals surface area contributed by atoms with Gasteiger partial charge in [-0.3, -0.25) is 30.6 Å². The van der Waals surface area contributed by atoms with Crippen LogP contribution in [0.25, 0.3) is 6.08 Å². The van der Waals surface area contributed by atoms with Gasteiger partial charge < -0.3 is 5.32 Å². The van der Waals surface area contributed by atoms with E-state index in [1.807, 2.05) is 30.3 Å². The third kappa shape index (κ3) is 8.02. The largest absolute Gasteiger partial charge is 0.326 e. The van der Waals surface area contributed by atoms with Crippen LogP contribution in [0.1, 0.15) is 24.0 Å². The summed E-state index contributed by atoms with van der Waals surface area (Å²) in [7, 11) is 0. The summed E-state index contributed by atoms with van der Waals surface area (Å²) in [5, 5.41) is 5.59. The Morgan fingerprint density at radius 2 is 1.67 bits per heavy atom. The van der Waals surface area contributed by atoms with Crippen molar-refractivity contribution in [2.75, 3.05) is 5.32 Å². The van der Waals surface area contributed by atoms with E-state index in [9.17, 15) is 14.4 Å². The van der Waals surface area contributed by atoms with Crippen molar-refractivity contribution < 1.29 is 14.4 Å². The van der Waals surface area contributed by atoms with E-state index in [0.29, 0.717) is 10.7 Å². The molecule has 2 aromatic carbocycles. The number of hydrogen-bond acceptors (Lipinski definition) is 4. The van der Waals surface area contributed by atoms with Gasteiger partial charge in [-0.2, -0.15) is 0 Å². The highest BCUT2D eigenvalue weighted by Gasteiger charge is 2.10. The van der Waals surface area contributed by atoms with Gasteiger partial charge in [0.2, 0.25) is 17.7 Å². The van der Waals surface area contributed by atoms with Crippen LogP contribution in [-0.2, 0) is 14.4 Å². The van der Waals surface area contributed by atoms with Gasteiger partial charge in [0.1, 0.15) is 0 Å². The predicted molar refractivity (Wildman–Crippen MR) is 122 cm³/mol. The first kappa shape index (κ1) is 23.1. The lowest BCUT2D eigenvalue weighted by molar-refractivity contribution is -0.124. The van der Waals surface area contributed by atoms with Crippen LogP contribution in [0.4, 0.5) is 5.69 Å².